The van der Waals surface area contributed by atoms with Gasteiger partial charge in [0.25, 0.3) is 0 Å². The van der Waals surface area contributed by atoms with Gasteiger partial charge in [-0.2, -0.15) is 5.26 Å². The largest absolute Gasteiger partial charge is 0.550 e. The van der Waals surface area contributed by atoms with Crippen molar-refractivity contribution in [3.05, 3.63) is 29.8 Å². The summed E-state index contributed by atoms with van der Waals surface area (Å²) in [5, 5.41) is 18.5. The summed E-state index contributed by atoms with van der Waals surface area (Å²) in [6.07, 6.45) is -0.113. The van der Waals surface area contributed by atoms with E-state index in [-0.39, 0.29) is 13.0 Å². The maximum Gasteiger partial charge on any atom is 0.174 e. The SMILES string of the molecule is N#CCOc1ccc(CC(=O)[O-])cc1. The maximum absolute atomic E-state index is 10.2. The van der Waals surface area contributed by atoms with Crippen LogP contribution in [0.5, 0.6) is 5.75 Å². The molecule has 0 spiro atoms. The van der Waals surface area contributed by atoms with Crippen LogP contribution in [0.1, 0.15) is 5.56 Å². The Morgan fingerprint density at radius 3 is 2.57 bits per heavy atom. The molecule has 14 heavy (non-hydrogen) atoms. The first-order valence-corrected chi connectivity index (χ1v) is 4.01. The van der Waals surface area contributed by atoms with Gasteiger partial charge in [-0.1, -0.05) is 12.1 Å². The Balaban J connectivity index is 2.60. The third-order valence-electron chi connectivity index (χ3n) is 1.58. The molecule has 72 valence electrons. The highest BCUT2D eigenvalue weighted by atomic mass is 16.5. The number of carboxylic acids is 1. The Hall–Kier alpha value is -2.02. The maximum atomic E-state index is 10.2. The van der Waals surface area contributed by atoms with Crippen molar-refractivity contribution in [2.24, 2.45) is 0 Å². The average Bonchev–Trinajstić information content (AvgIpc) is 2.16. The smallest absolute Gasteiger partial charge is 0.174 e. The van der Waals surface area contributed by atoms with Crippen LogP contribution in [0.4, 0.5) is 0 Å². The number of benzene rings is 1. The van der Waals surface area contributed by atoms with Crippen LogP contribution < -0.4 is 9.84 Å². The molecule has 0 radical (unpaired) electrons. The molecule has 0 aliphatic rings. The van der Waals surface area contributed by atoms with Gasteiger partial charge in [-0.15, -0.1) is 0 Å². The first-order valence-electron chi connectivity index (χ1n) is 4.01. The lowest BCUT2D eigenvalue weighted by Crippen LogP contribution is -2.24. The summed E-state index contributed by atoms with van der Waals surface area (Å²) in [5.74, 6) is -0.565. The van der Waals surface area contributed by atoms with E-state index in [9.17, 15) is 9.90 Å². The molecule has 0 bridgehead atoms. The standard InChI is InChI=1S/C10H9NO3/c11-5-6-14-9-3-1-8(2-4-9)7-10(12)13/h1-4H,6-7H2,(H,12,13)/p-1. The lowest BCUT2D eigenvalue weighted by Gasteiger charge is -2.04. The monoisotopic (exact) mass is 190 g/mol. The van der Waals surface area contributed by atoms with E-state index in [1.165, 1.54) is 0 Å². The molecule has 0 aliphatic carbocycles. The van der Waals surface area contributed by atoms with Crippen molar-refractivity contribution in [1.29, 1.82) is 5.26 Å². The molecular weight excluding hydrogens is 182 g/mol. The minimum absolute atomic E-state index is 0.0141. The zero-order valence-corrected chi connectivity index (χ0v) is 7.40. The molecular formula is C10H8NO3-. The Morgan fingerprint density at radius 1 is 1.43 bits per heavy atom. The molecule has 0 aliphatic heterocycles. The van der Waals surface area contributed by atoms with Crippen LogP contribution in [0.3, 0.4) is 0 Å². The van der Waals surface area contributed by atoms with Crippen LogP contribution in [0.15, 0.2) is 24.3 Å². The molecule has 4 heteroatoms. The molecule has 0 atom stereocenters. The molecule has 0 fully saturated rings. The van der Waals surface area contributed by atoms with Gasteiger partial charge in [0, 0.05) is 12.4 Å². The topological polar surface area (TPSA) is 73.1 Å². The van der Waals surface area contributed by atoms with Crippen molar-refractivity contribution in [3.8, 4) is 11.8 Å². The van der Waals surface area contributed by atoms with E-state index in [1.54, 1.807) is 24.3 Å². The van der Waals surface area contributed by atoms with Gasteiger partial charge >= 0.3 is 0 Å². The number of carboxylic acid groups (broad SMARTS) is 1. The molecule has 0 aromatic heterocycles. The number of ether oxygens (including phenoxy) is 1. The van der Waals surface area contributed by atoms with E-state index in [1.807, 2.05) is 6.07 Å². The quantitative estimate of drug-likeness (QED) is 0.663. The summed E-state index contributed by atoms with van der Waals surface area (Å²) in [5.41, 5.74) is 0.648. The number of carbonyl (C=O) groups excluding carboxylic acids is 1. The summed E-state index contributed by atoms with van der Waals surface area (Å²) < 4.78 is 4.99. The average molecular weight is 190 g/mol. The van der Waals surface area contributed by atoms with E-state index >= 15 is 0 Å². The third-order valence-corrected chi connectivity index (χ3v) is 1.58. The highest BCUT2D eigenvalue weighted by Gasteiger charge is 1.95. The molecule has 0 unspecified atom stereocenters. The predicted molar refractivity (Wildman–Crippen MR) is 46.3 cm³/mol. The predicted octanol–water partition coefficient (Wildman–Crippen LogP) is -0.119. The molecule has 0 N–H and O–H groups in total. The number of aliphatic carboxylic acids is 1. The summed E-state index contributed by atoms with van der Waals surface area (Å²) >= 11 is 0. The van der Waals surface area contributed by atoms with Gasteiger partial charge in [0.2, 0.25) is 0 Å². The first-order chi connectivity index (χ1) is 6.72. The zero-order valence-electron chi connectivity index (χ0n) is 7.40. The van der Waals surface area contributed by atoms with Gasteiger partial charge in [0.1, 0.15) is 11.8 Å². The summed E-state index contributed by atoms with van der Waals surface area (Å²) in [6.45, 7) is -0.0141. The normalized spacial score (nSPS) is 9.07. The number of nitrogens with zero attached hydrogens (tertiary/aromatic N) is 1. The van der Waals surface area contributed by atoms with Crippen LogP contribution in [0, 0.1) is 11.3 Å². The number of carbonyl (C=O) groups is 1. The Labute approximate surface area is 81.4 Å². The van der Waals surface area contributed by atoms with Gasteiger partial charge < -0.3 is 14.6 Å². The fourth-order valence-electron chi connectivity index (χ4n) is 0.986. The summed E-state index contributed by atoms with van der Waals surface area (Å²) in [4.78, 5) is 10.2. The number of nitriles is 1. The van der Waals surface area contributed by atoms with Gasteiger partial charge in [0.05, 0.1) is 0 Å². The number of rotatable bonds is 4. The van der Waals surface area contributed by atoms with Crippen LogP contribution in [-0.4, -0.2) is 12.6 Å². The molecule has 0 saturated carbocycles. The highest BCUT2D eigenvalue weighted by molar-refractivity contribution is 5.67. The van der Waals surface area contributed by atoms with Crippen molar-refractivity contribution < 1.29 is 14.6 Å². The van der Waals surface area contributed by atoms with Crippen molar-refractivity contribution in [3.63, 3.8) is 0 Å². The van der Waals surface area contributed by atoms with Crippen LogP contribution in [-0.2, 0) is 11.2 Å². The number of hydrogen-bond acceptors (Lipinski definition) is 4. The van der Waals surface area contributed by atoms with Crippen molar-refractivity contribution in [1.82, 2.24) is 0 Å². The van der Waals surface area contributed by atoms with Crippen LogP contribution >= 0.6 is 0 Å². The fourth-order valence-corrected chi connectivity index (χ4v) is 0.986. The van der Waals surface area contributed by atoms with Crippen molar-refractivity contribution in [2.75, 3.05) is 6.61 Å². The molecule has 1 rings (SSSR count). The highest BCUT2D eigenvalue weighted by Crippen LogP contribution is 2.11. The van der Waals surface area contributed by atoms with E-state index in [0.29, 0.717) is 11.3 Å². The van der Waals surface area contributed by atoms with Gasteiger partial charge in [-0.3, -0.25) is 0 Å². The van der Waals surface area contributed by atoms with E-state index in [2.05, 4.69) is 0 Å². The van der Waals surface area contributed by atoms with E-state index in [0.717, 1.165) is 0 Å². The molecule has 0 amide bonds. The van der Waals surface area contributed by atoms with Crippen molar-refractivity contribution >= 4 is 5.97 Å². The molecule has 1 aromatic carbocycles. The van der Waals surface area contributed by atoms with Gasteiger partial charge in [0.15, 0.2) is 6.61 Å². The fraction of sp³-hybridized carbons (Fsp3) is 0.200. The molecule has 0 saturated heterocycles. The van der Waals surface area contributed by atoms with Crippen molar-refractivity contribution in [2.45, 2.75) is 6.42 Å². The zero-order chi connectivity index (χ0) is 10.4. The minimum atomic E-state index is -1.12. The lowest BCUT2D eigenvalue weighted by molar-refractivity contribution is -0.304. The Kier molecular flexibility index (Phi) is 3.50. The first kappa shape index (κ1) is 10.1. The minimum Gasteiger partial charge on any atom is -0.550 e. The molecule has 4 nitrogen and oxygen atoms in total. The second-order valence-corrected chi connectivity index (χ2v) is 2.64. The third kappa shape index (κ3) is 3.15. The van der Waals surface area contributed by atoms with Crippen LogP contribution in [0.25, 0.3) is 0 Å². The summed E-state index contributed by atoms with van der Waals surface area (Å²) in [6, 6.07) is 8.33. The Bertz CT molecular complexity index is 351. The lowest BCUT2D eigenvalue weighted by atomic mass is 10.1. The molecule has 0 heterocycles. The van der Waals surface area contributed by atoms with Gasteiger partial charge in [-0.05, 0) is 17.7 Å². The van der Waals surface area contributed by atoms with Gasteiger partial charge in [-0.25, -0.2) is 0 Å². The second-order valence-electron chi connectivity index (χ2n) is 2.64. The van der Waals surface area contributed by atoms with Crippen LogP contribution in [0.2, 0.25) is 0 Å². The second kappa shape index (κ2) is 4.87. The molecule has 1 aromatic rings. The van der Waals surface area contributed by atoms with E-state index in [4.69, 9.17) is 10.00 Å². The van der Waals surface area contributed by atoms with E-state index < -0.39 is 5.97 Å². The Morgan fingerprint density at radius 2 is 2.07 bits per heavy atom. The summed E-state index contributed by atoms with van der Waals surface area (Å²) in [7, 11) is 0. The number of hydrogen-bond donors (Lipinski definition) is 0.